The molecule has 1 N–H and O–H groups in total. The molecule has 2 atom stereocenters. The van der Waals surface area contributed by atoms with Gasteiger partial charge in [-0.3, -0.25) is 4.79 Å². The molecular formula is C22H25NO3. The maximum atomic E-state index is 12.6. The summed E-state index contributed by atoms with van der Waals surface area (Å²) in [4.78, 5) is 25.0. The van der Waals surface area contributed by atoms with Crippen LogP contribution in [0.15, 0.2) is 60.7 Å². The van der Waals surface area contributed by atoms with Crippen molar-refractivity contribution in [3.05, 3.63) is 71.8 Å². The average molecular weight is 351 g/mol. The largest absolute Gasteiger partial charge is 0.445 e. The van der Waals surface area contributed by atoms with E-state index in [0.717, 1.165) is 36.8 Å². The van der Waals surface area contributed by atoms with Gasteiger partial charge in [0.05, 0.1) is 6.04 Å². The van der Waals surface area contributed by atoms with Gasteiger partial charge in [-0.15, -0.1) is 0 Å². The third-order valence-electron chi connectivity index (χ3n) is 4.90. The van der Waals surface area contributed by atoms with Gasteiger partial charge in [-0.2, -0.15) is 0 Å². The Kier molecular flexibility index (Phi) is 6.42. The van der Waals surface area contributed by atoms with Crippen LogP contribution in [-0.4, -0.2) is 11.9 Å². The van der Waals surface area contributed by atoms with E-state index in [1.807, 2.05) is 60.7 Å². The molecule has 4 nitrogen and oxygen atoms in total. The maximum Gasteiger partial charge on any atom is 0.407 e. The molecule has 2 unspecified atom stereocenters. The monoisotopic (exact) mass is 351 g/mol. The molecule has 0 radical (unpaired) electrons. The standard InChI is InChI=1S/C22H25NO3/c24-20-15-9-3-8-14-19(20)21(18-12-6-2-7-13-18)23-22(25)26-16-17-10-4-1-5-11-17/h1-2,4-7,10-13,19,21H,3,8-9,14-16H2,(H,23,25). The third kappa shape index (κ3) is 4.94. The van der Waals surface area contributed by atoms with Gasteiger partial charge < -0.3 is 10.1 Å². The van der Waals surface area contributed by atoms with Crippen LogP contribution in [0.2, 0.25) is 0 Å². The van der Waals surface area contributed by atoms with Crippen molar-refractivity contribution in [3.8, 4) is 0 Å². The first kappa shape index (κ1) is 18.2. The summed E-state index contributed by atoms with van der Waals surface area (Å²) in [5.74, 6) is 0.0453. The Balaban J connectivity index is 1.71. The number of carbonyl (C=O) groups excluding carboxylic acids is 2. The Morgan fingerprint density at radius 2 is 1.69 bits per heavy atom. The zero-order chi connectivity index (χ0) is 18.2. The number of hydrogen-bond donors (Lipinski definition) is 1. The highest BCUT2D eigenvalue weighted by Crippen LogP contribution is 2.31. The minimum Gasteiger partial charge on any atom is -0.445 e. The molecule has 0 aliphatic heterocycles. The van der Waals surface area contributed by atoms with E-state index >= 15 is 0 Å². The molecule has 1 saturated carbocycles. The van der Waals surface area contributed by atoms with Crippen LogP contribution in [0.3, 0.4) is 0 Å². The van der Waals surface area contributed by atoms with Crippen molar-refractivity contribution < 1.29 is 14.3 Å². The second-order valence-electron chi connectivity index (χ2n) is 6.77. The number of amides is 1. The first-order chi connectivity index (χ1) is 12.7. The van der Waals surface area contributed by atoms with Gasteiger partial charge in [-0.05, 0) is 24.0 Å². The Morgan fingerprint density at radius 1 is 1.00 bits per heavy atom. The minimum absolute atomic E-state index is 0.191. The van der Waals surface area contributed by atoms with Crippen molar-refractivity contribution in [1.82, 2.24) is 5.32 Å². The Bertz CT molecular complexity index is 715. The summed E-state index contributed by atoms with van der Waals surface area (Å²) in [5.41, 5.74) is 1.88. The van der Waals surface area contributed by atoms with Gasteiger partial charge in [0.2, 0.25) is 0 Å². The van der Waals surface area contributed by atoms with E-state index in [1.54, 1.807) is 0 Å². The molecule has 1 fully saturated rings. The Morgan fingerprint density at radius 3 is 2.42 bits per heavy atom. The zero-order valence-corrected chi connectivity index (χ0v) is 14.9. The predicted molar refractivity (Wildman–Crippen MR) is 101 cm³/mol. The van der Waals surface area contributed by atoms with Gasteiger partial charge in [0, 0.05) is 12.3 Å². The number of alkyl carbamates (subject to hydrolysis) is 1. The van der Waals surface area contributed by atoms with Gasteiger partial charge in [0.15, 0.2) is 0 Å². The third-order valence-corrected chi connectivity index (χ3v) is 4.90. The molecule has 4 heteroatoms. The second-order valence-corrected chi connectivity index (χ2v) is 6.77. The smallest absolute Gasteiger partial charge is 0.407 e. The molecule has 0 saturated heterocycles. The summed E-state index contributed by atoms with van der Waals surface area (Å²) in [6, 6.07) is 18.9. The van der Waals surface area contributed by atoms with E-state index in [-0.39, 0.29) is 24.3 Å². The lowest BCUT2D eigenvalue weighted by Gasteiger charge is -2.26. The molecule has 2 aromatic carbocycles. The van der Waals surface area contributed by atoms with Crippen molar-refractivity contribution in [2.24, 2.45) is 5.92 Å². The van der Waals surface area contributed by atoms with E-state index in [9.17, 15) is 9.59 Å². The number of hydrogen-bond acceptors (Lipinski definition) is 3. The summed E-state index contributed by atoms with van der Waals surface area (Å²) in [5, 5.41) is 2.95. The fourth-order valence-electron chi connectivity index (χ4n) is 3.51. The Hall–Kier alpha value is -2.62. The van der Waals surface area contributed by atoms with Crippen molar-refractivity contribution in [1.29, 1.82) is 0 Å². The molecular weight excluding hydrogens is 326 g/mol. The normalized spacial score (nSPS) is 18.6. The first-order valence-corrected chi connectivity index (χ1v) is 9.29. The number of ether oxygens (including phenoxy) is 1. The molecule has 0 bridgehead atoms. The first-order valence-electron chi connectivity index (χ1n) is 9.29. The molecule has 0 aromatic heterocycles. The van der Waals surface area contributed by atoms with Crippen LogP contribution in [-0.2, 0) is 16.1 Å². The Labute approximate surface area is 154 Å². The number of benzene rings is 2. The van der Waals surface area contributed by atoms with Crippen molar-refractivity contribution in [2.45, 2.75) is 44.8 Å². The summed E-state index contributed by atoms with van der Waals surface area (Å²) in [7, 11) is 0. The van der Waals surface area contributed by atoms with Crippen LogP contribution in [0.4, 0.5) is 4.79 Å². The molecule has 1 aliphatic carbocycles. The van der Waals surface area contributed by atoms with Crippen LogP contribution < -0.4 is 5.32 Å². The van der Waals surface area contributed by atoms with Crippen molar-refractivity contribution in [3.63, 3.8) is 0 Å². The van der Waals surface area contributed by atoms with Crippen LogP contribution in [0.5, 0.6) is 0 Å². The van der Waals surface area contributed by atoms with E-state index in [2.05, 4.69) is 5.32 Å². The molecule has 136 valence electrons. The number of carbonyl (C=O) groups is 2. The zero-order valence-electron chi connectivity index (χ0n) is 14.9. The SMILES string of the molecule is O=C(NC(c1ccccc1)C1CCCCCC1=O)OCc1ccccc1. The van der Waals surface area contributed by atoms with Gasteiger partial charge in [0.1, 0.15) is 12.4 Å². The quantitative estimate of drug-likeness (QED) is 0.787. The average Bonchev–Trinajstić information content (AvgIpc) is 2.90. The van der Waals surface area contributed by atoms with E-state index in [0.29, 0.717) is 6.42 Å². The lowest BCUT2D eigenvalue weighted by molar-refractivity contribution is -0.123. The van der Waals surface area contributed by atoms with Crippen LogP contribution in [0.25, 0.3) is 0 Å². The molecule has 26 heavy (non-hydrogen) atoms. The number of nitrogens with one attached hydrogen (secondary N) is 1. The van der Waals surface area contributed by atoms with Crippen LogP contribution in [0, 0.1) is 5.92 Å². The minimum atomic E-state index is -0.486. The highest BCUT2D eigenvalue weighted by Gasteiger charge is 2.31. The van der Waals surface area contributed by atoms with Crippen molar-refractivity contribution in [2.75, 3.05) is 0 Å². The van der Waals surface area contributed by atoms with Gasteiger partial charge >= 0.3 is 6.09 Å². The lowest BCUT2D eigenvalue weighted by atomic mass is 9.86. The molecule has 1 aliphatic rings. The molecule has 0 heterocycles. The topological polar surface area (TPSA) is 55.4 Å². The summed E-state index contributed by atoms with van der Waals surface area (Å²) < 4.78 is 5.38. The van der Waals surface area contributed by atoms with Crippen molar-refractivity contribution >= 4 is 11.9 Å². The number of rotatable bonds is 5. The van der Waals surface area contributed by atoms with Crippen LogP contribution in [0.1, 0.15) is 49.3 Å². The summed E-state index contributed by atoms with van der Waals surface area (Å²) in [6.07, 6.45) is 3.93. The lowest BCUT2D eigenvalue weighted by Crippen LogP contribution is -2.36. The highest BCUT2D eigenvalue weighted by atomic mass is 16.5. The summed E-state index contributed by atoms with van der Waals surface area (Å²) in [6.45, 7) is 0.215. The second kappa shape index (κ2) is 9.18. The molecule has 1 amide bonds. The van der Waals surface area contributed by atoms with E-state index in [1.165, 1.54) is 0 Å². The maximum absolute atomic E-state index is 12.6. The number of Topliss-reactive ketones (excluding diaryl/α,β-unsaturated/α-hetero) is 1. The van der Waals surface area contributed by atoms with E-state index in [4.69, 9.17) is 4.74 Å². The fraction of sp³-hybridized carbons (Fsp3) is 0.364. The predicted octanol–water partition coefficient (Wildman–Crippen LogP) is 4.80. The van der Waals surface area contributed by atoms with Gasteiger partial charge in [-0.1, -0.05) is 73.5 Å². The molecule has 0 spiro atoms. The summed E-state index contributed by atoms with van der Waals surface area (Å²) >= 11 is 0. The molecule has 3 rings (SSSR count). The molecule has 2 aromatic rings. The van der Waals surface area contributed by atoms with Gasteiger partial charge in [-0.25, -0.2) is 4.79 Å². The fourth-order valence-corrected chi connectivity index (χ4v) is 3.51. The van der Waals surface area contributed by atoms with E-state index < -0.39 is 6.09 Å². The highest BCUT2D eigenvalue weighted by molar-refractivity contribution is 5.83. The number of ketones is 1. The van der Waals surface area contributed by atoms with Crippen LogP contribution >= 0.6 is 0 Å². The van der Waals surface area contributed by atoms with Gasteiger partial charge in [0.25, 0.3) is 0 Å².